The first kappa shape index (κ1) is 18.0. The van der Waals surface area contributed by atoms with Gasteiger partial charge in [0.05, 0.1) is 0 Å². The van der Waals surface area contributed by atoms with Gasteiger partial charge in [-0.05, 0) is 0 Å². The van der Waals surface area contributed by atoms with Gasteiger partial charge < -0.3 is 0 Å². The van der Waals surface area contributed by atoms with Crippen LogP contribution < -0.4 is 10.9 Å². The van der Waals surface area contributed by atoms with Crippen molar-refractivity contribution >= 4 is 55.5 Å². The minimum atomic E-state index is 0.923. The molecule has 1 rings (SSSR count). The second kappa shape index (κ2) is 8.38. The number of rotatable bonds is 6. The molecule has 0 spiro atoms. The summed E-state index contributed by atoms with van der Waals surface area (Å²) in [5.74, 6) is 0. The molecule has 2 radical (unpaired) electrons. The van der Waals surface area contributed by atoms with E-state index in [1.54, 1.807) is 11.8 Å². The summed E-state index contributed by atoms with van der Waals surface area (Å²) in [5.41, 5.74) is 6.14. The van der Waals surface area contributed by atoms with E-state index in [4.69, 9.17) is 20.5 Å². The number of benzene rings is 1. The van der Waals surface area contributed by atoms with E-state index in [9.17, 15) is 0 Å². The first-order valence-corrected chi connectivity index (χ1v) is 9.06. The van der Waals surface area contributed by atoms with Crippen molar-refractivity contribution in [1.29, 1.82) is 0 Å². The molecule has 20 heavy (non-hydrogen) atoms. The summed E-state index contributed by atoms with van der Waals surface area (Å²) in [5, 5.41) is 0. The van der Waals surface area contributed by atoms with Crippen LogP contribution in [0.3, 0.4) is 0 Å². The standard InChI is InChI=1S/C16H24B2S2/c1-6-9-10(4)18-14-12(8-3)16(20-5)13(17)11(7-2)15(14)19/h19H,6-9H2,1-5H3. The Morgan fingerprint density at radius 2 is 1.80 bits per heavy atom. The topological polar surface area (TPSA) is 0 Å². The molecule has 0 heterocycles. The molecule has 4 heteroatoms. The third kappa shape index (κ3) is 3.76. The van der Waals surface area contributed by atoms with Crippen molar-refractivity contribution in [2.24, 2.45) is 0 Å². The van der Waals surface area contributed by atoms with Crippen LogP contribution in [0.5, 0.6) is 0 Å². The minimum absolute atomic E-state index is 0.923. The van der Waals surface area contributed by atoms with Crippen LogP contribution in [0.4, 0.5) is 0 Å². The number of thiol groups is 1. The molecule has 0 aliphatic heterocycles. The normalized spacial score (nSPS) is 11.6. The summed E-state index contributed by atoms with van der Waals surface area (Å²) in [7, 11) is 6.35. The quantitative estimate of drug-likeness (QED) is 0.479. The fraction of sp³-hybridized carbons (Fsp3) is 0.562. The van der Waals surface area contributed by atoms with E-state index in [1.165, 1.54) is 33.4 Å². The zero-order chi connectivity index (χ0) is 15.3. The Bertz CT molecular complexity index is 508. The van der Waals surface area contributed by atoms with Crippen LogP contribution in [-0.4, -0.2) is 26.5 Å². The van der Waals surface area contributed by atoms with E-state index >= 15 is 0 Å². The van der Waals surface area contributed by atoms with Crippen molar-refractivity contribution < 1.29 is 0 Å². The number of thioether (sulfide) groups is 1. The van der Waals surface area contributed by atoms with E-state index in [-0.39, 0.29) is 0 Å². The second-order valence-corrected chi connectivity index (χ2v) is 6.38. The SMILES string of the molecule is [B]c1c(CC)c(S)c(B=C(C)CCC)c(CC)c1SC. The van der Waals surface area contributed by atoms with E-state index in [2.05, 4.69) is 40.9 Å². The van der Waals surface area contributed by atoms with Gasteiger partial charge in [0.25, 0.3) is 0 Å². The van der Waals surface area contributed by atoms with Crippen LogP contribution in [0.1, 0.15) is 51.7 Å². The Labute approximate surface area is 136 Å². The Morgan fingerprint density at radius 1 is 1.20 bits per heavy atom. The molecule has 0 saturated carbocycles. The third-order valence-electron chi connectivity index (χ3n) is 3.66. The fourth-order valence-electron chi connectivity index (χ4n) is 2.67. The average Bonchev–Trinajstić information content (AvgIpc) is 2.42. The van der Waals surface area contributed by atoms with Gasteiger partial charge in [0, 0.05) is 0 Å². The zero-order valence-corrected chi connectivity index (χ0v) is 15.0. The van der Waals surface area contributed by atoms with Crippen molar-refractivity contribution in [1.82, 2.24) is 0 Å². The van der Waals surface area contributed by atoms with Crippen molar-refractivity contribution in [3.63, 3.8) is 0 Å². The van der Waals surface area contributed by atoms with Gasteiger partial charge in [0.1, 0.15) is 0 Å². The Balaban J connectivity index is 3.59. The molecule has 0 aromatic heterocycles. The van der Waals surface area contributed by atoms with Crippen molar-refractivity contribution in [2.75, 3.05) is 6.26 Å². The summed E-state index contributed by atoms with van der Waals surface area (Å²) in [6.07, 6.45) is 6.33. The Kier molecular flexibility index (Phi) is 7.53. The third-order valence-corrected chi connectivity index (χ3v) is 5.04. The molecule has 0 atom stereocenters. The molecule has 0 saturated heterocycles. The predicted molar refractivity (Wildman–Crippen MR) is 101 cm³/mol. The first-order valence-electron chi connectivity index (χ1n) is 7.38. The molecule has 1 aromatic rings. The predicted octanol–water partition coefficient (Wildman–Crippen LogP) is 2.94. The summed E-state index contributed by atoms with van der Waals surface area (Å²) in [4.78, 5) is 2.30. The van der Waals surface area contributed by atoms with Gasteiger partial charge in [-0.1, -0.05) is 0 Å². The summed E-state index contributed by atoms with van der Waals surface area (Å²) >= 11 is 6.53. The van der Waals surface area contributed by atoms with E-state index < -0.39 is 0 Å². The van der Waals surface area contributed by atoms with Gasteiger partial charge in [0.15, 0.2) is 0 Å². The Morgan fingerprint density at radius 3 is 2.25 bits per heavy atom. The average molecular weight is 302 g/mol. The maximum absolute atomic E-state index is 6.35. The van der Waals surface area contributed by atoms with Crippen molar-refractivity contribution in [3.8, 4) is 0 Å². The first-order chi connectivity index (χ1) is 9.51. The molecule has 0 amide bonds. The maximum atomic E-state index is 6.35. The van der Waals surface area contributed by atoms with Gasteiger partial charge in [-0.3, -0.25) is 0 Å². The van der Waals surface area contributed by atoms with Crippen LogP contribution in [-0.2, 0) is 12.8 Å². The second-order valence-electron chi connectivity index (χ2n) is 5.11. The molecular formula is C16H24B2S2. The van der Waals surface area contributed by atoms with E-state index in [0.29, 0.717) is 0 Å². The van der Waals surface area contributed by atoms with Gasteiger partial charge >= 0.3 is 136 Å². The molecule has 0 fully saturated rings. The molecule has 0 bridgehead atoms. The monoisotopic (exact) mass is 302 g/mol. The molecule has 0 unspecified atom stereocenters. The van der Waals surface area contributed by atoms with E-state index in [1.807, 2.05) is 0 Å². The number of hydrogen-bond donors (Lipinski definition) is 1. The van der Waals surface area contributed by atoms with Crippen molar-refractivity contribution in [3.05, 3.63) is 11.1 Å². The van der Waals surface area contributed by atoms with Gasteiger partial charge in [0.2, 0.25) is 0 Å². The summed E-state index contributed by atoms with van der Waals surface area (Å²) < 4.78 is 0. The van der Waals surface area contributed by atoms with Gasteiger partial charge in [-0.2, -0.15) is 0 Å². The summed E-state index contributed by atoms with van der Waals surface area (Å²) in [6, 6.07) is 0. The summed E-state index contributed by atoms with van der Waals surface area (Å²) in [6.45, 7) is 11.1. The molecule has 0 aliphatic rings. The fourth-order valence-corrected chi connectivity index (χ4v) is 3.99. The molecule has 0 aliphatic carbocycles. The van der Waals surface area contributed by atoms with E-state index in [0.717, 1.165) is 29.6 Å². The van der Waals surface area contributed by atoms with Gasteiger partial charge in [-0.15, -0.1) is 0 Å². The molecule has 0 N–H and O–H groups in total. The molecule has 1 aromatic carbocycles. The molecule has 106 valence electrons. The van der Waals surface area contributed by atoms with Crippen molar-refractivity contribution in [2.45, 2.75) is 63.2 Å². The van der Waals surface area contributed by atoms with Crippen LogP contribution in [0.2, 0.25) is 0 Å². The molecule has 0 nitrogen and oxygen atoms in total. The van der Waals surface area contributed by atoms with Crippen LogP contribution in [0, 0.1) is 0 Å². The van der Waals surface area contributed by atoms with Gasteiger partial charge in [-0.25, -0.2) is 0 Å². The zero-order valence-electron chi connectivity index (χ0n) is 13.3. The Hall–Kier alpha value is -0.0801. The molecular weight excluding hydrogens is 278 g/mol. The van der Waals surface area contributed by atoms with Crippen LogP contribution in [0.15, 0.2) is 9.79 Å². The van der Waals surface area contributed by atoms with Crippen LogP contribution in [0.25, 0.3) is 0 Å². The number of hydrogen-bond acceptors (Lipinski definition) is 2. The van der Waals surface area contributed by atoms with Crippen LogP contribution >= 0.6 is 24.4 Å².